The van der Waals surface area contributed by atoms with Crippen molar-refractivity contribution in [2.24, 2.45) is 0 Å². The zero-order valence-electron chi connectivity index (χ0n) is 26.4. The number of nitrogens with one attached hydrogen (secondary N) is 1. The number of anilines is 1. The van der Waals surface area contributed by atoms with Crippen molar-refractivity contribution in [1.29, 1.82) is 0 Å². The lowest BCUT2D eigenvalue weighted by Crippen LogP contribution is -2.29. The largest absolute Gasteiger partial charge is 0.493 e. The molecule has 1 N–H and O–H groups in total. The fourth-order valence-corrected chi connectivity index (χ4v) is 6.31. The van der Waals surface area contributed by atoms with Gasteiger partial charge in [0, 0.05) is 61.1 Å². The number of pyridine rings is 1. The Morgan fingerprint density at radius 3 is 2.37 bits per heavy atom. The molecule has 0 radical (unpaired) electrons. The van der Waals surface area contributed by atoms with Crippen LogP contribution in [0.1, 0.15) is 17.3 Å². The molecular weight excluding hydrogens is 656 g/mol. The molecule has 49 heavy (non-hydrogen) atoms. The Morgan fingerprint density at radius 2 is 1.65 bits per heavy atom. The smallest absolute Gasteiger partial charge is 0.271 e. The lowest BCUT2D eigenvalue weighted by Gasteiger charge is -2.16. The summed E-state index contributed by atoms with van der Waals surface area (Å²) in [6.07, 6.45) is 4.50. The number of hydrogen-bond acceptors (Lipinski definition) is 7. The van der Waals surface area contributed by atoms with E-state index in [0.29, 0.717) is 22.3 Å². The second-order valence-electron chi connectivity index (χ2n) is 10.8. The van der Waals surface area contributed by atoms with Gasteiger partial charge in [-0.1, -0.05) is 18.2 Å². The SMILES string of the molecule is CCOc1ccn(-c2ccc(F)cc2)c(=O)c1C(=O)Nc1ccc(Oc2ccnn3ccc(-c4ccccc4S(=O)(=O)N(C)C)c23)c(F)c1. The van der Waals surface area contributed by atoms with Crippen molar-refractivity contribution >= 4 is 27.1 Å². The number of hydrogen-bond donors (Lipinski definition) is 1. The van der Waals surface area contributed by atoms with Crippen LogP contribution in [0.25, 0.3) is 22.3 Å². The highest BCUT2D eigenvalue weighted by Crippen LogP contribution is 2.38. The number of rotatable bonds is 10. The number of ether oxygens (including phenoxy) is 2. The van der Waals surface area contributed by atoms with Crippen LogP contribution in [0.2, 0.25) is 0 Å². The number of halogens is 2. The minimum atomic E-state index is -3.82. The summed E-state index contributed by atoms with van der Waals surface area (Å²) in [7, 11) is -0.935. The average molecular weight is 686 g/mol. The van der Waals surface area contributed by atoms with Gasteiger partial charge in [0.1, 0.15) is 22.6 Å². The van der Waals surface area contributed by atoms with Crippen molar-refractivity contribution in [3.63, 3.8) is 0 Å². The number of carbonyl (C=O) groups excluding carboxylic acids is 1. The Hall–Kier alpha value is -5.86. The molecule has 0 aliphatic carbocycles. The summed E-state index contributed by atoms with van der Waals surface area (Å²) in [5, 5.41) is 6.83. The van der Waals surface area contributed by atoms with Crippen molar-refractivity contribution in [1.82, 2.24) is 18.5 Å². The number of benzene rings is 3. The highest BCUT2D eigenvalue weighted by molar-refractivity contribution is 7.89. The van der Waals surface area contributed by atoms with Crippen molar-refractivity contribution in [3.8, 4) is 34.1 Å². The molecule has 3 aromatic heterocycles. The molecule has 250 valence electrons. The molecule has 0 fully saturated rings. The number of aromatic nitrogens is 3. The quantitative estimate of drug-likeness (QED) is 0.184. The summed E-state index contributed by atoms with van der Waals surface area (Å²) < 4.78 is 70.6. The molecule has 0 spiro atoms. The third-order valence-corrected chi connectivity index (χ3v) is 9.42. The van der Waals surface area contributed by atoms with Crippen LogP contribution >= 0.6 is 0 Å². The number of carbonyl (C=O) groups is 1. The van der Waals surface area contributed by atoms with Gasteiger partial charge < -0.3 is 14.8 Å². The van der Waals surface area contributed by atoms with Crippen LogP contribution < -0.4 is 20.3 Å². The number of nitrogens with zero attached hydrogens (tertiary/aromatic N) is 4. The van der Waals surface area contributed by atoms with E-state index in [1.165, 1.54) is 90.2 Å². The summed E-state index contributed by atoms with van der Waals surface area (Å²) in [4.78, 5) is 26.9. The van der Waals surface area contributed by atoms with E-state index in [9.17, 15) is 22.4 Å². The molecule has 1 amide bonds. The molecule has 0 unspecified atom stereocenters. The molecule has 6 rings (SSSR count). The average Bonchev–Trinajstić information content (AvgIpc) is 3.52. The van der Waals surface area contributed by atoms with E-state index in [-0.39, 0.29) is 40.0 Å². The molecule has 0 aliphatic rings. The van der Waals surface area contributed by atoms with Crippen LogP contribution in [-0.4, -0.2) is 53.5 Å². The van der Waals surface area contributed by atoms with E-state index in [0.717, 1.165) is 10.4 Å². The third-order valence-electron chi connectivity index (χ3n) is 7.55. The summed E-state index contributed by atoms with van der Waals surface area (Å²) >= 11 is 0. The summed E-state index contributed by atoms with van der Waals surface area (Å²) in [6, 6.07) is 20.1. The molecule has 0 aliphatic heterocycles. The Morgan fingerprint density at radius 1 is 0.898 bits per heavy atom. The molecule has 3 heterocycles. The van der Waals surface area contributed by atoms with Gasteiger partial charge >= 0.3 is 0 Å². The monoisotopic (exact) mass is 685 g/mol. The summed E-state index contributed by atoms with van der Waals surface area (Å²) in [6.45, 7) is 1.86. The summed E-state index contributed by atoms with van der Waals surface area (Å²) in [5.41, 5.74) is 0.598. The highest BCUT2D eigenvalue weighted by atomic mass is 32.2. The van der Waals surface area contributed by atoms with Gasteiger partial charge in [-0.3, -0.25) is 14.2 Å². The number of amides is 1. The predicted octanol–water partition coefficient (Wildman–Crippen LogP) is 6.12. The third kappa shape index (κ3) is 6.38. The van der Waals surface area contributed by atoms with Crippen LogP contribution in [-0.2, 0) is 10.0 Å². The minimum absolute atomic E-state index is 0.0217. The first-order chi connectivity index (χ1) is 23.5. The van der Waals surface area contributed by atoms with Crippen LogP contribution in [0.15, 0.2) is 113 Å². The van der Waals surface area contributed by atoms with Gasteiger partial charge in [0.2, 0.25) is 10.0 Å². The minimum Gasteiger partial charge on any atom is -0.493 e. The normalized spacial score (nSPS) is 11.6. The Balaban J connectivity index is 1.31. The highest BCUT2D eigenvalue weighted by Gasteiger charge is 2.25. The number of fused-ring (bicyclic) bond motifs is 1. The predicted molar refractivity (Wildman–Crippen MR) is 179 cm³/mol. The van der Waals surface area contributed by atoms with Crippen LogP contribution in [0.4, 0.5) is 14.5 Å². The van der Waals surface area contributed by atoms with Gasteiger partial charge in [0.15, 0.2) is 17.3 Å². The second kappa shape index (κ2) is 13.3. The molecule has 6 aromatic rings. The molecule has 11 nitrogen and oxygen atoms in total. The van der Waals surface area contributed by atoms with Crippen LogP contribution in [0.3, 0.4) is 0 Å². The van der Waals surface area contributed by atoms with Crippen molar-refractivity contribution in [2.45, 2.75) is 11.8 Å². The molecule has 0 saturated heterocycles. The Bertz CT molecular complexity index is 2370. The van der Waals surface area contributed by atoms with Crippen molar-refractivity contribution < 1.29 is 31.5 Å². The van der Waals surface area contributed by atoms with E-state index < -0.39 is 33.1 Å². The van der Waals surface area contributed by atoms with Gasteiger partial charge in [0.25, 0.3) is 11.5 Å². The maximum atomic E-state index is 15.5. The van der Waals surface area contributed by atoms with E-state index in [1.54, 1.807) is 37.4 Å². The molecule has 3 aromatic carbocycles. The molecular formula is C35H29F2N5O6S. The Labute approximate surface area is 279 Å². The first kappa shape index (κ1) is 33.1. The zero-order valence-corrected chi connectivity index (χ0v) is 27.2. The number of sulfonamides is 1. The fraction of sp³-hybridized carbons (Fsp3) is 0.114. The zero-order chi connectivity index (χ0) is 34.9. The Kier molecular flexibility index (Phi) is 8.99. The van der Waals surface area contributed by atoms with Crippen molar-refractivity contribution in [2.75, 3.05) is 26.0 Å². The van der Waals surface area contributed by atoms with Gasteiger partial charge in [-0.05, 0) is 61.5 Å². The van der Waals surface area contributed by atoms with Crippen LogP contribution in [0, 0.1) is 11.6 Å². The molecule has 14 heteroatoms. The van der Waals surface area contributed by atoms with Gasteiger partial charge in [0.05, 0.1) is 17.7 Å². The molecule has 0 bridgehead atoms. The van der Waals surface area contributed by atoms with E-state index in [2.05, 4.69) is 10.4 Å². The van der Waals surface area contributed by atoms with Crippen molar-refractivity contribution in [3.05, 3.63) is 131 Å². The molecule has 0 atom stereocenters. The lowest BCUT2D eigenvalue weighted by molar-refractivity contribution is 0.102. The van der Waals surface area contributed by atoms with Gasteiger partial charge in [-0.2, -0.15) is 5.10 Å². The van der Waals surface area contributed by atoms with E-state index >= 15 is 4.39 Å². The van der Waals surface area contributed by atoms with E-state index in [4.69, 9.17) is 9.47 Å². The first-order valence-corrected chi connectivity index (χ1v) is 16.3. The van der Waals surface area contributed by atoms with Gasteiger partial charge in [-0.25, -0.2) is 26.0 Å². The van der Waals surface area contributed by atoms with E-state index in [1.807, 2.05) is 0 Å². The molecule has 0 saturated carbocycles. The lowest BCUT2D eigenvalue weighted by atomic mass is 10.1. The maximum Gasteiger partial charge on any atom is 0.271 e. The maximum absolute atomic E-state index is 15.5. The fourth-order valence-electron chi connectivity index (χ4n) is 5.21. The van der Waals surface area contributed by atoms with Gasteiger partial charge in [-0.15, -0.1) is 0 Å². The first-order valence-electron chi connectivity index (χ1n) is 14.9. The second-order valence-corrected chi connectivity index (χ2v) is 13.0. The standard InChI is InChI=1S/C35H29F2N5O6S/c1-4-47-29-17-19-41(24-12-9-22(36)10-13-24)35(44)32(29)34(43)39-23-11-14-28(27(37)21-23)48-30-15-18-38-42-20-16-26(33(30)42)25-7-5-6-8-31(25)49(45,46)40(2)3/h5-21H,4H2,1-3H3,(H,39,43). The topological polar surface area (TPSA) is 124 Å². The summed E-state index contributed by atoms with van der Waals surface area (Å²) in [5.74, 6) is -2.15. The van der Waals surface area contributed by atoms with Crippen LogP contribution in [0.5, 0.6) is 17.2 Å².